The number of aryl methyl sites for hydroxylation is 3. The molecule has 108 valence electrons. The van der Waals surface area contributed by atoms with E-state index in [1.165, 1.54) is 29.7 Å². The molecule has 3 N–H and O–H groups in total. The summed E-state index contributed by atoms with van der Waals surface area (Å²) >= 11 is 1.92. The Morgan fingerprint density at radius 1 is 1.50 bits per heavy atom. The number of aromatic nitrogens is 2. The molecule has 5 heteroatoms. The third-order valence-electron chi connectivity index (χ3n) is 3.96. The normalized spacial score (nSPS) is 15.5. The number of hydrogen-bond donors (Lipinski definition) is 2. The Balaban J connectivity index is 1.77. The first-order valence-electron chi connectivity index (χ1n) is 7.39. The predicted octanol–water partition coefficient (Wildman–Crippen LogP) is 2.59. The van der Waals surface area contributed by atoms with Crippen molar-refractivity contribution in [3.05, 3.63) is 39.6 Å². The van der Waals surface area contributed by atoms with Gasteiger partial charge in [-0.05, 0) is 37.3 Å². The molecule has 1 atom stereocenters. The van der Waals surface area contributed by atoms with Gasteiger partial charge in [-0.2, -0.15) is 0 Å². The summed E-state index contributed by atoms with van der Waals surface area (Å²) in [6, 6.07) is 2.51. The first-order chi connectivity index (χ1) is 9.81. The number of nitrogens with one attached hydrogen (secondary N) is 1. The van der Waals surface area contributed by atoms with Crippen LogP contribution in [-0.2, 0) is 25.8 Å². The molecule has 0 spiro atoms. The van der Waals surface area contributed by atoms with Gasteiger partial charge in [0.15, 0.2) is 0 Å². The summed E-state index contributed by atoms with van der Waals surface area (Å²) in [4.78, 5) is 7.39. The Morgan fingerprint density at radius 3 is 3.15 bits per heavy atom. The van der Waals surface area contributed by atoms with Crippen LogP contribution < -0.4 is 11.3 Å². The largest absolute Gasteiger partial charge is 0.335 e. The van der Waals surface area contributed by atoms with E-state index in [0.717, 1.165) is 25.2 Å². The SMILES string of the molecule is CCCn1ccnc1CC(NN)c1cc2c(s1)CCC2. The summed E-state index contributed by atoms with van der Waals surface area (Å²) in [5.41, 5.74) is 4.50. The lowest BCUT2D eigenvalue weighted by atomic mass is 10.1. The molecule has 0 saturated heterocycles. The second-order valence-corrected chi connectivity index (χ2v) is 6.58. The Labute approximate surface area is 124 Å². The first-order valence-corrected chi connectivity index (χ1v) is 8.21. The molecule has 0 fully saturated rings. The van der Waals surface area contributed by atoms with Crippen LogP contribution in [0.25, 0.3) is 0 Å². The van der Waals surface area contributed by atoms with Crippen molar-refractivity contribution in [2.45, 2.75) is 51.6 Å². The third-order valence-corrected chi connectivity index (χ3v) is 5.31. The standard InChI is InChI=1S/C15H22N4S/c1-2-7-19-8-6-17-15(19)10-12(18-16)14-9-11-4-3-5-13(11)20-14/h6,8-9,12,18H,2-5,7,10,16H2,1H3. The van der Waals surface area contributed by atoms with Crippen LogP contribution in [-0.4, -0.2) is 9.55 Å². The average molecular weight is 290 g/mol. The third kappa shape index (κ3) is 2.66. The summed E-state index contributed by atoms with van der Waals surface area (Å²) in [5.74, 6) is 6.90. The van der Waals surface area contributed by atoms with Crippen LogP contribution in [0.1, 0.15) is 46.9 Å². The van der Waals surface area contributed by atoms with Gasteiger partial charge in [-0.1, -0.05) is 6.92 Å². The molecule has 0 aromatic carbocycles. The van der Waals surface area contributed by atoms with Gasteiger partial charge in [0.1, 0.15) is 5.82 Å². The van der Waals surface area contributed by atoms with Crippen LogP contribution in [0.3, 0.4) is 0 Å². The van der Waals surface area contributed by atoms with Gasteiger partial charge in [0.05, 0.1) is 6.04 Å². The van der Waals surface area contributed by atoms with Crippen LogP contribution in [0.15, 0.2) is 18.5 Å². The monoisotopic (exact) mass is 290 g/mol. The van der Waals surface area contributed by atoms with Crippen molar-refractivity contribution in [2.75, 3.05) is 0 Å². The highest BCUT2D eigenvalue weighted by Crippen LogP contribution is 2.34. The maximum absolute atomic E-state index is 5.78. The lowest BCUT2D eigenvalue weighted by Crippen LogP contribution is -2.29. The van der Waals surface area contributed by atoms with Gasteiger partial charge in [0.25, 0.3) is 0 Å². The zero-order chi connectivity index (χ0) is 13.9. The molecule has 0 bridgehead atoms. The first kappa shape index (κ1) is 13.8. The molecule has 2 aromatic rings. The van der Waals surface area contributed by atoms with Crippen molar-refractivity contribution >= 4 is 11.3 Å². The molecule has 1 unspecified atom stereocenters. The summed E-state index contributed by atoms with van der Waals surface area (Å²) in [7, 11) is 0. The van der Waals surface area contributed by atoms with Gasteiger partial charge in [-0.3, -0.25) is 11.3 Å². The van der Waals surface area contributed by atoms with Gasteiger partial charge >= 0.3 is 0 Å². The van der Waals surface area contributed by atoms with Crippen LogP contribution in [0.2, 0.25) is 0 Å². The number of nitrogens with zero attached hydrogens (tertiary/aromatic N) is 2. The number of nitrogens with two attached hydrogens (primary N) is 1. The molecule has 3 rings (SSSR count). The molecule has 1 aliphatic rings. The van der Waals surface area contributed by atoms with E-state index < -0.39 is 0 Å². The van der Waals surface area contributed by atoms with E-state index in [4.69, 9.17) is 5.84 Å². The molecule has 0 amide bonds. The summed E-state index contributed by atoms with van der Waals surface area (Å²) in [6.07, 6.45) is 9.69. The summed E-state index contributed by atoms with van der Waals surface area (Å²) < 4.78 is 2.23. The minimum Gasteiger partial charge on any atom is -0.335 e. The van der Waals surface area contributed by atoms with Crippen molar-refractivity contribution in [3.8, 4) is 0 Å². The number of thiophene rings is 1. The number of hydrazine groups is 1. The molecule has 1 aliphatic carbocycles. The van der Waals surface area contributed by atoms with E-state index in [0.29, 0.717) is 0 Å². The van der Waals surface area contributed by atoms with E-state index in [1.807, 2.05) is 17.5 Å². The number of fused-ring (bicyclic) bond motifs is 1. The fourth-order valence-corrected chi connectivity index (χ4v) is 4.24. The second-order valence-electron chi connectivity index (χ2n) is 5.41. The number of hydrogen-bond acceptors (Lipinski definition) is 4. The number of imidazole rings is 1. The van der Waals surface area contributed by atoms with Gasteiger partial charge in [0, 0.05) is 35.1 Å². The fourth-order valence-electron chi connectivity index (χ4n) is 2.92. The van der Waals surface area contributed by atoms with E-state index in [9.17, 15) is 0 Å². The smallest absolute Gasteiger partial charge is 0.110 e. The maximum atomic E-state index is 5.78. The Kier molecular flexibility index (Phi) is 4.19. The molecular weight excluding hydrogens is 268 g/mol. The quantitative estimate of drug-likeness (QED) is 0.635. The summed E-state index contributed by atoms with van der Waals surface area (Å²) in [5, 5.41) is 0. The molecule has 0 aliphatic heterocycles. The highest BCUT2D eigenvalue weighted by atomic mass is 32.1. The van der Waals surface area contributed by atoms with Gasteiger partial charge in [-0.15, -0.1) is 11.3 Å². The molecule has 0 saturated carbocycles. The number of rotatable bonds is 6. The minimum atomic E-state index is 0.170. The predicted molar refractivity (Wildman–Crippen MR) is 82.6 cm³/mol. The average Bonchev–Trinajstić information content (AvgIpc) is 3.11. The van der Waals surface area contributed by atoms with Crippen LogP contribution in [0.4, 0.5) is 0 Å². The molecular formula is C15H22N4S. The van der Waals surface area contributed by atoms with Crippen LogP contribution in [0.5, 0.6) is 0 Å². The fraction of sp³-hybridized carbons (Fsp3) is 0.533. The van der Waals surface area contributed by atoms with Crippen LogP contribution >= 0.6 is 11.3 Å². The van der Waals surface area contributed by atoms with Gasteiger partial charge < -0.3 is 4.57 Å². The zero-order valence-corrected chi connectivity index (χ0v) is 12.7. The van der Waals surface area contributed by atoms with Crippen molar-refractivity contribution in [1.82, 2.24) is 15.0 Å². The second kappa shape index (κ2) is 6.08. The van der Waals surface area contributed by atoms with E-state index >= 15 is 0 Å². The minimum absolute atomic E-state index is 0.170. The van der Waals surface area contributed by atoms with Gasteiger partial charge in [0.2, 0.25) is 0 Å². The van der Waals surface area contributed by atoms with E-state index in [-0.39, 0.29) is 6.04 Å². The van der Waals surface area contributed by atoms with Crippen molar-refractivity contribution < 1.29 is 0 Å². The Bertz CT molecular complexity index is 551. The molecule has 2 heterocycles. The Hall–Kier alpha value is -1.17. The highest BCUT2D eigenvalue weighted by Gasteiger charge is 2.21. The molecule has 2 aromatic heterocycles. The molecule has 0 radical (unpaired) electrons. The van der Waals surface area contributed by atoms with E-state index in [2.05, 4.69) is 34.2 Å². The van der Waals surface area contributed by atoms with E-state index in [1.54, 1.807) is 4.88 Å². The van der Waals surface area contributed by atoms with Crippen LogP contribution in [0, 0.1) is 0 Å². The lowest BCUT2D eigenvalue weighted by Gasteiger charge is -2.15. The zero-order valence-electron chi connectivity index (χ0n) is 11.9. The maximum Gasteiger partial charge on any atom is 0.110 e. The van der Waals surface area contributed by atoms with Crippen molar-refractivity contribution in [1.29, 1.82) is 0 Å². The highest BCUT2D eigenvalue weighted by molar-refractivity contribution is 7.12. The molecule has 20 heavy (non-hydrogen) atoms. The Morgan fingerprint density at radius 2 is 2.40 bits per heavy atom. The van der Waals surface area contributed by atoms with Crippen molar-refractivity contribution in [2.24, 2.45) is 5.84 Å². The van der Waals surface area contributed by atoms with Crippen molar-refractivity contribution in [3.63, 3.8) is 0 Å². The topological polar surface area (TPSA) is 55.9 Å². The summed E-state index contributed by atoms with van der Waals surface area (Å²) in [6.45, 7) is 3.21. The lowest BCUT2D eigenvalue weighted by molar-refractivity contribution is 0.523. The van der Waals surface area contributed by atoms with Gasteiger partial charge in [-0.25, -0.2) is 4.98 Å². The molecule has 4 nitrogen and oxygen atoms in total.